The van der Waals surface area contributed by atoms with E-state index in [-0.39, 0.29) is 19.3 Å². The molecule has 0 bridgehead atoms. The van der Waals surface area contributed by atoms with Crippen molar-refractivity contribution in [1.29, 1.82) is 0 Å². The molecule has 0 radical (unpaired) electrons. The first-order valence-electron chi connectivity index (χ1n) is 39.0. The van der Waals surface area contributed by atoms with Gasteiger partial charge in [-0.2, -0.15) is 0 Å². The van der Waals surface area contributed by atoms with Crippen LogP contribution >= 0.6 is 7.82 Å². The standard InChI is InChI=1S/C75H137O24P/c1-5-8-11-14-17-19-21-23-25-27-28-30-32-38-44-49-60(78)92-54-58-63(81)65(83)70(88)75(96-58)98-72-68(86)66(84)67(85)71(97-74-69(87)64(82)62(80)57(51-76)95-74)73(72)99-100(89,90)93-53-56(94-61(79)50-45-40-33-31-29-26-24-22-20-18-15-12-9-6-2)52-91-59(77)48-43-39-35-34-37-42-47-55(4)46-41-36-16-13-10-7-3/h19,21,26,29,55-58,62-76,80-88H,5-18,20,22-25,27-28,30-54H2,1-4H3,(H,89,90)/b21-19-,29-26-. The van der Waals surface area contributed by atoms with Gasteiger partial charge >= 0.3 is 25.7 Å². The van der Waals surface area contributed by atoms with Gasteiger partial charge in [0.05, 0.1) is 13.2 Å². The average Bonchev–Trinajstić information content (AvgIpc) is 0.764. The van der Waals surface area contributed by atoms with Gasteiger partial charge in [-0.15, -0.1) is 0 Å². The summed E-state index contributed by atoms with van der Waals surface area (Å²) in [4.78, 5) is 51.1. The number of ether oxygens (including phenoxy) is 7. The van der Waals surface area contributed by atoms with Crippen LogP contribution in [0.25, 0.3) is 0 Å². The highest BCUT2D eigenvalue weighted by Crippen LogP contribution is 2.49. The number of rotatable bonds is 60. The fourth-order valence-corrected chi connectivity index (χ4v) is 13.8. The van der Waals surface area contributed by atoms with Gasteiger partial charge in [0.15, 0.2) is 18.7 Å². The Morgan fingerprint density at radius 3 is 1.20 bits per heavy atom. The van der Waals surface area contributed by atoms with E-state index in [0.29, 0.717) is 31.6 Å². The normalized spacial score (nSPS) is 27.8. The molecule has 1 aliphatic carbocycles. The van der Waals surface area contributed by atoms with E-state index >= 15 is 0 Å². The second kappa shape index (κ2) is 55.8. The van der Waals surface area contributed by atoms with E-state index in [9.17, 15) is 74.9 Å². The fourth-order valence-electron chi connectivity index (χ4n) is 12.9. The molecule has 19 atom stereocenters. The highest BCUT2D eigenvalue weighted by atomic mass is 31.2. The van der Waals surface area contributed by atoms with Gasteiger partial charge in [-0.1, -0.05) is 232 Å². The molecule has 0 aromatic rings. The molecule has 25 heteroatoms. The Morgan fingerprint density at radius 1 is 0.410 bits per heavy atom. The molecule has 0 aromatic heterocycles. The predicted octanol–water partition coefficient (Wildman–Crippen LogP) is 11.2. The number of phosphoric ester groups is 1. The summed E-state index contributed by atoms with van der Waals surface area (Å²) < 4.78 is 65.1. The SMILES string of the molecule is CCCCCC/C=C\CCCCCCCCCC(=O)OCC1OC(OC2C(O)C(O)C(O)C(OC3OC(CO)C(O)C(O)C3O)C2OP(=O)(O)OCC(COC(=O)CCCCCCCCC(C)CCCCCCCC)OC(=O)CCCCC/C=C\CCCCCCCCC)C(O)C(O)C1O. The molecule has 11 N–H and O–H groups in total. The highest BCUT2D eigenvalue weighted by molar-refractivity contribution is 7.47. The first-order valence-corrected chi connectivity index (χ1v) is 40.5. The topological polar surface area (TPSA) is 374 Å². The number of esters is 3. The van der Waals surface area contributed by atoms with Gasteiger partial charge in [0.25, 0.3) is 0 Å². The molecule has 3 rings (SSSR count). The van der Waals surface area contributed by atoms with Gasteiger partial charge in [-0.25, -0.2) is 4.57 Å². The van der Waals surface area contributed by atoms with Crippen LogP contribution < -0.4 is 0 Å². The van der Waals surface area contributed by atoms with Crippen LogP contribution in [0.3, 0.4) is 0 Å². The van der Waals surface area contributed by atoms with E-state index < -0.39 is 156 Å². The number of phosphoric acid groups is 1. The number of aliphatic hydroxyl groups is 10. The third kappa shape index (κ3) is 38.6. The van der Waals surface area contributed by atoms with Gasteiger partial charge in [0, 0.05) is 19.3 Å². The van der Waals surface area contributed by atoms with Crippen LogP contribution in [0.4, 0.5) is 0 Å². The maximum absolute atomic E-state index is 14.4. The van der Waals surface area contributed by atoms with Gasteiger partial charge in [-0.3, -0.25) is 23.4 Å². The maximum atomic E-state index is 14.4. The van der Waals surface area contributed by atoms with Crippen molar-refractivity contribution >= 4 is 25.7 Å². The molecule has 3 aliphatic rings. The smallest absolute Gasteiger partial charge is 0.463 e. The van der Waals surface area contributed by atoms with Crippen LogP contribution in [0.2, 0.25) is 0 Å². The minimum Gasteiger partial charge on any atom is -0.463 e. The third-order valence-corrected chi connectivity index (χ3v) is 20.3. The number of aliphatic hydroxyl groups excluding tert-OH is 10. The molecular formula is C75H137O24P. The van der Waals surface area contributed by atoms with Crippen LogP contribution in [0, 0.1) is 5.92 Å². The number of unbranched alkanes of at least 4 members (excludes halogenated alkanes) is 31. The van der Waals surface area contributed by atoms with Crippen molar-refractivity contribution in [3.8, 4) is 0 Å². The van der Waals surface area contributed by atoms with Crippen molar-refractivity contribution in [2.45, 2.75) is 402 Å². The largest absolute Gasteiger partial charge is 0.472 e. The molecule has 2 aliphatic heterocycles. The molecule has 586 valence electrons. The lowest BCUT2D eigenvalue weighted by atomic mass is 9.84. The first kappa shape index (κ1) is 91.6. The Labute approximate surface area is 598 Å². The summed E-state index contributed by atoms with van der Waals surface area (Å²) in [6, 6.07) is 0. The van der Waals surface area contributed by atoms with Crippen molar-refractivity contribution in [3.63, 3.8) is 0 Å². The monoisotopic (exact) mass is 1450 g/mol. The number of allylic oxidation sites excluding steroid dienone is 4. The molecule has 1 saturated carbocycles. The van der Waals surface area contributed by atoms with Crippen LogP contribution in [0.5, 0.6) is 0 Å². The summed E-state index contributed by atoms with van der Waals surface area (Å²) in [5, 5.41) is 110. The summed E-state index contributed by atoms with van der Waals surface area (Å²) in [6.45, 7) is 5.75. The summed E-state index contributed by atoms with van der Waals surface area (Å²) in [7, 11) is -5.70. The van der Waals surface area contributed by atoms with Gasteiger partial charge in [0.2, 0.25) is 0 Å². The Hall–Kier alpha value is -2.56. The van der Waals surface area contributed by atoms with E-state index in [1.165, 1.54) is 116 Å². The lowest BCUT2D eigenvalue weighted by molar-refractivity contribution is -0.360. The number of hydrogen-bond acceptors (Lipinski definition) is 23. The summed E-state index contributed by atoms with van der Waals surface area (Å²) in [5.74, 6) is -1.31. The Morgan fingerprint density at radius 2 is 0.760 bits per heavy atom. The molecule has 24 nitrogen and oxygen atoms in total. The average molecular weight is 1450 g/mol. The lowest BCUT2D eigenvalue weighted by Crippen LogP contribution is -2.69. The zero-order chi connectivity index (χ0) is 73.3. The molecule has 0 spiro atoms. The molecule has 0 amide bonds. The highest BCUT2D eigenvalue weighted by Gasteiger charge is 2.58. The minimum absolute atomic E-state index is 0.0226. The van der Waals surface area contributed by atoms with Gasteiger partial charge in [-0.05, 0) is 76.5 Å². The Bertz CT molecular complexity index is 2180. The molecule has 0 aromatic carbocycles. The molecule has 2 saturated heterocycles. The second-order valence-electron chi connectivity index (χ2n) is 28.3. The summed E-state index contributed by atoms with van der Waals surface area (Å²) in [6.07, 6.45) is 15.2. The van der Waals surface area contributed by atoms with E-state index in [0.717, 1.165) is 109 Å². The van der Waals surface area contributed by atoms with Gasteiger partial charge < -0.3 is 89.1 Å². The molecular weight excluding hydrogens is 1320 g/mol. The van der Waals surface area contributed by atoms with Gasteiger partial charge in [0.1, 0.15) is 98.7 Å². The van der Waals surface area contributed by atoms with Crippen molar-refractivity contribution in [2.24, 2.45) is 5.92 Å². The quantitative estimate of drug-likeness (QED) is 0.00886. The first-order chi connectivity index (χ1) is 48.2. The summed E-state index contributed by atoms with van der Waals surface area (Å²) in [5.41, 5.74) is 0. The minimum atomic E-state index is -5.70. The van der Waals surface area contributed by atoms with Crippen molar-refractivity contribution in [2.75, 3.05) is 26.4 Å². The third-order valence-electron chi connectivity index (χ3n) is 19.3. The second-order valence-corrected chi connectivity index (χ2v) is 29.7. The predicted molar refractivity (Wildman–Crippen MR) is 379 cm³/mol. The zero-order valence-corrected chi connectivity index (χ0v) is 62.3. The molecule has 2 heterocycles. The Balaban J connectivity index is 1.73. The van der Waals surface area contributed by atoms with Crippen LogP contribution in [-0.2, 0) is 61.2 Å². The maximum Gasteiger partial charge on any atom is 0.472 e. The van der Waals surface area contributed by atoms with E-state index in [2.05, 4.69) is 52.0 Å². The van der Waals surface area contributed by atoms with Crippen LogP contribution in [0.1, 0.15) is 297 Å². The number of hydrogen-bond donors (Lipinski definition) is 11. The number of carbonyl (C=O) groups excluding carboxylic acids is 3. The molecule has 3 fully saturated rings. The van der Waals surface area contributed by atoms with E-state index in [1.807, 2.05) is 0 Å². The van der Waals surface area contributed by atoms with Crippen LogP contribution in [0.15, 0.2) is 24.3 Å². The Kier molecular flexibility index (Phi) is 51.2. The van der Waals surface area contributed by atoms with E-state index in [1.54, 1.807) is 0 Å². The van der Waals surface area contributed by atoms with E-state index in [4.69, 9.17) is 42.2 Å². The summed E-state index contributed by atoms with van der Waals surface area (Å²) >= 11 is 0. The van der Waals surface area contributed by atoms with Crippen molar-refractivity contribution in [1.82, 2.24) is 0 Å². The molecule has 19 unspecified atom stereocenters. The number of carbonyl (C=O) groups is 3. The zero-order valence-electron chi connectivity index (χ0n) is 61.4. The van der Waals surface area contributed by atoms with Crippen molar-refractivity contribution < 1.29 is 117 Å². The fraction of sp³-hybridized carbons (Fsp3) is 0.907. The van der Waals surface area contributed by atoms with Crippen LogP contribution in [-0.4, -0.2) is 204 Å². The molecule has 100 heavy (non-hydrogen) atoms. The van der Waals surface area contributed by atoms with Crippen molar-refractivity contribution in [3.05, 3.63) is 24.3 Å². The lowest BCUT2D eigenvalue weighted by Gasteiger charge is -2.49.